The van der Waals surface area contributed by atoms with Crippen molar-refractivity contribution in [1.82, 2.24) is 15.0 Å². The second kappa shape index (κ2) is 5.81. The molecule has 0 bridgehead atoms. The van der Waals surface area contributed by atoms with E-state index >= 15 is 0 Å². The van der Waals surface area contributed by atoms with E-state index in [9.17, 15) is 4.79 Å². The smallest absolute Gasteiger partial charge is 0.248 e. The first-order valence-electron chi connectivity index (χ1n) is 7.39. The van der Waals surface area contributed by atoms with Gasteiger partial charge in [-0.15, -0.1) is 0 Å². The first-order valence-corrected chi connectivity index (χ1v) is 7.39. The Kier molecular flexibility index (Phi) is 3.83. The van der Waals surface area contributed by atoms with Gasteiger partial charge in [-0.3, -0.25) is 9.78 Å². The van der Waals surface area contributed by atoms with Crippen LogP contribution in [-0.2, 0) is 0 Å². The third-order valence-electron chi connectivity index (χ3n) is 3.41. The fourth-order valence-corrected chi connectivity index (χ4v) is 2.30. The van der Waals surface area contributed by atoms with Crippen molar-refractivity contribution in [3.05, 3.63) is 53.2 Å². The minimum Gasteiger partial charge on any atom is -0.368 e. The molecule has 0 amide bonds. The highest BCUT2D eigenvalue weighted by Gasteiger charge is 2.13. The summed E-state index contributed by atoms with van der Waals surface area (Å²) in [6.45, 7) is 4.48. The van der Waals surface area contributed by atoms with E-state index in [1.54, 1.807) is 18.6 Å². The van der Waals surface area contributed by atoms with E-state index in [-0.39, 0.29) is 11.1 Å². The van der Waals surface area contributed by atoms with Gasteiger partial charge in [0.15, 0.2) is 0 Å². The predicted octanol–water partition coefficient (Wildman–Crippen LogP) is 2.13. The second-order valence-corrected chi connectivity index (χ2v) is 6.24. The molecule has 0 aliphatic rings. The minimum atomic E-state index is -0.360. The van der Waals surface area contributed by atoms with Gasteiger partial charge in [0.05, 0.1) is 5.69 Å². The maximum Gasteiger partial charge on any atom is 0.248 e. The van der Waals surface area contributed by atoms with Gasteiger partial charge in [-0.05, 0) is 32.0 Å². The molecule has 4 N–H and O–H groups in total. The van der Waals surface area contributed by atoms with Gasteiger partial charge in [-0.1, -0.05) is 0 Å². The number of pyridine rings is 3. The van der Waals surface area contributed by atoms with Crippen molar-refractivity contribution in [2.24, 2.45) is 5.73 Å². The molecule has 3 heterocycles. The highest BCUT2D eigenvalue weighted by molar-refractivity contribution is 5.93. The lowest BCUT2D eigenvalue weighted by Crippen LogP contribution is -2.39. The number of H-pyrrole nitrogens is 1. The third kappa shape index (κ3) is 3.54. The number of rotatable bonds is 4. The first kappa shape index (κ1) is 15.2. The van der Waals surface area contributed by atoms with E-state index in [4.69, 9.17) is 5.73 Å². The van der Waals surface area contributed by atoms with Crippen LogP contribution in [0.25, 0.3) is 22.0 Å². The van der Waals surface area contributed by atoms with Gasteiger partial charge in [-0.2, -0.15) is 0 Å². The van der Waals surface area contributed by atoms with Crippen LogP contribution < -0.4 is 16.6 Å². The summed E-state index contributed by atoms with van der Waals surface area (Å²) in [5.41, 5.74) is 7.00. The average Bonchev–Trinajstić information content (AvgIpc) is 2.51. The fraction of sp³-hybridized carbons (Fsp3) is 0.235. The second-order valence-electron chi connectivity index (χ2n) is 6.24. The van der Waals surface area contributed by atoms with E-state index in [0.29, 0.717) is 12.2 Å². The summed E-state index contributed by atoms with van der Waals surface area (Å²) >= 11 is 0. The van der Waals surface area contributed by atoms with Crippen molar-refractivity contribution in [2.75, 3.05) is 11.9 Å². The molecule has 6 heteroatoms. The van der Waals surface area contributed by atoms with E-state index in [0.717, 1.165) is 22.2 Å². The lowest BCUT2D eigenvalue weighted by atomic mass is 10.1. The number of nitrogens with one attached hydrogen (secondary N) is 2. The summed E-state index contributed by atoms with van der Waals surface area (Å²) in [6.07, 6.45) is 5.13. The van der Waals surface area contributed by atoms with E-state index in [1.807, 2.05) is 32.0 Å². The Morgan fingerprint density at radius 3 is 2.87 bits per heavy atom. The van der Waals surface area contributed by atoms with Crippen LogP contribution in [-0.4, -0.2) is 27.0 Å². The molecule has 0 aromatic carbocycles. The van der Waals surface area contributed by atoms with E-state index < -0.39 is 0 Å². The van der Waals surface area contributed by atoms with Crippen LogP contribution in [0, 0.1) is 0 Å². The topological polar surface area (TPSA) is 96.7 Å². The number of anilines is 1. The molecule has 0 aliphatic carbocycles. The molecular weight excluding hydrogens is 290 g/mol. The summed E-state index contributed by atoms with van der Waals surface area (Å²) in [4.78, 5) is 23.0. The largest absolute Gasteiger partial charge is 0.368 e. The molecule has 0 aliphatic heterocycles. The molecule has 0 saturated carbocycles. The monoisotopic (exact) mass is 309 g/mol. The van der Waals surface area contributed by atoms with Crippen LogP contribution >= 0.6 is 0 Å². The van der Waals surface area contributed by atoms with Crippen molar-refractivity contribution in [3.63, 3.8) is 0 Å². The predicted molar refractivity (Wildman–Crippen MR) is 92.4 cm³/mol. The lowest BCUT2D eigenvalue weighted by Gasteiger charge is -2.20. The lowest BCUT2D eigenvalue weighted by molar-refractivity contribution is 0.549. The van der Waals surface area contributed by atoms with Crippen molar-refractivity contribution in [2.45, 2.75) is 19.4 Å². The molecule has 0 fully saturated rings. The number of hydrogen-bond acceptors (Lipinski definition) is 5. The minimum absolute atomic E-state index is 0.159. The highest BCUT2D eigenvalue weighted by atomic mass is 16.1. The Hall–Kier alpha value is -2.73. The van der Waals surface area contributed by atoms with Crippen LogP contribution in [0.15, 0.2) is 47.7 Å². The zero-order valence-corrected chi connectivity index (χ0v) is 13.1. The Morgan fingerprint density at radius 2 is 2.13 bits per heavy atom. The van der Waals surface area contributed by atoms with Gasteiger partial charge in [0.2, 0.25) is 5.56 Å². The molecule has 118 valence electrons. The van der Waals surface area contributed by atoms with Crippen LogP contribution in [0.1, 0.15) is 13.8 Å². The van der Waals surface area contributed by atoms with Crippen molar-refractivity contribution in [3.8, 4) is 11.3 Å². The molecule has 3 aromatic heterocycles. The normalized spacial score (nSPS) is 11.6. The quantitative estimate of drug-likeness (QED) is 0.686. The van der Waals surface area contributed by atoms with Crippen molar-refractivity contribution >= 4 is 16.6 Å². The summed E-state index contributed by atoms with van der Waals surface area (Å²) in [5, 5.41) is 5.23. The molecular formula is C17H19N5O. The Bertz CT molecular complexity index is 895. The fourth-order valence-electron chi connectivity index (χ4n) is 2.30. The summed E-state index contributed by atoms with van der Waals surface area (Å²) in [6, 6.07) is 7.19. The van der Waals surface area contributed by atoms with E-state index in [1.165, 1.54) is 6.07 Å². The zero-order valence-electron chi connectivity index (χ0n) is 13.1. The summed E-state index contributed by atoms with van der Waals surface area (Å²) in [7, 11) is 0. The average molecular weight is 309 g/mol. The third-order valence-corrected chi connectivity index (χ3v) is 3.41. The van der Waals surface area contributed by atoms with Crippen LogP contribution in [0.5, 0.6) is 0 Å². The van der Waals surface area contributed by atoms with Gasteiger partial charge < -0.3 is 16.0 Å². The van der Waals surface area contributed by atoms with E-state index in [2.05, 4.69) is 20.3 Å². The molecule has 3 rings (SSSR count). The van der Waals surface area contributed by atoms with Gasteiger partial charge in [0.1, 0.15) is 5.82 Å². The Labute approximate surface area is 133 Å². The zero-order chi connectivity index (χ0) is 16.4. The molecule has 0 saturated heterocycles. The summed E-state index contributed by atoms with van der Waals surface area (Å²) < 4.78 is 0. The molecule has 23 heavy (non-hydrogen) atoms. The number of nitrogens with two attached hydrogens (primary N) is 1. The molecule has 0 atom stereocenters. The van der Waals surface area contributed by atoms with Gasteiger partial charge in [0, 0.05) is 53.1 Å². The maximum atomic E-state index is 11.5. The number of aromatic amines is 1. The Morgan fingerprint density at radius 1 is 1.30 bits per heavy atom. The highest BCUT2D eigenvalue weighted by Crippen LogP contribution is 2.26. The standard InChI is InChI=1S/C17H19N5O/c1-17(2,18)10-21-16-13-4-5-19-9-12(13)7-14(22-16)11-3-6-20-15(23)8-11/h3-9H,10,18H2,1-2H3,(H,20,23)(H,21,22). The van der Waals surface area contributed by atoms with Gasteiger partial charge >= 0.3 is 0 Å². The molecule has 0 radical (unpaired) electrons. The van der Waals surface area contributed by atoms with Crippen molar-refractivity contribution < 1.29 is 0 Å². The maximum absolute atomic E-state index is 11.5. The number of nitrogens with zero attached hydrogens (tertiary/aromatic N) is 2. The molecule has 0 unspecified atom stereocenters. The number of hydrogen-bond donors (Lipinski definition) is 3. The SMILES string of the molecule is CC(C)(N)CNc1nc(-c2cc[nH]c(=O)c2)cc2cnccc12. The number of aromatic nitrogens is 3. The van der Waals surface area contributed by atoms with Gasteiger partial charge in [0.25, 0.3) is 0 Å². The molecule has 0 spiro atoms. The van der Waals surface area contributed by atoms with Gasteiger partial charge in [-0.25, -0.2) is 4.98 Å². The molecule has 6 nitrogen and oxygen atoms in total. The first-order chi connectivity index (χ1) is 10.9. The van der Waals surface area contributed by atoms with Crippen LogP contribution in [0.4, 0.5) is 5.82 Å². The van der Waals surface area contributed by atoms with Crippen molar-refractivity contribution in [1.29, 1.82) is 0 Å². The number of fused-ring (bicyclic) bond motifs is 1. The van der Waals surface area contributed by atoms with Crippen LogP contribution in [0.2, 0.25) is 0 Å². The Balaban J connectivity index is 2.11. The molecule has 3 aromatic rings. The van der Waals surface area contributed by atoms with Crippen LogP contribution in [0.3, 0.4) is 0 Å². The summed E-state index contributed by atoms with van der Waals surface area (Å²) in [5.74, 6) is 0.735.